The Bertz CT molecular complexity index is 949. The van der Waals surface area contributed by atoms with Gasteiger partial charge in [-0.2, -0.15) is 5.10 Å². The summed E-state index contributed by atoms with van der Waals surface area (Å²) in [5, 5.41) is 7.42. The third-order valence-corrected chi connectivity index (χ3v) is 5.54. The molecule has 152 valence electrons. The Labute approximate surface area is 169 Å². The Morgan fingerprint density at radius 3 is 2.59 bits per heavy atom. The number of aryl methyl sites for hydroxylation is 1. The summed E-state index contributed by atoms with van der Waals surface area (Å²) in [6.07, 6.45) is 1.87. The Balaban J connectivity index is 1.36. The average molecular weight is 395 g/mol. The molecule has 8 nitrogen and oxygen atoms in total. The summed E-state index contributed by atoms with van der Waals surface area (Å²) in [5.41, 5.74) is 3.94. The average Bonchev–Trinajstić information content (AvgIpc) is 3.46. The van der Waals surface area contributed by atoms with E-state index in [1.807, 2.05) is 48.9 Å². The normalized spacial score (nSPS) is 16.6. The second-order valence-electron chi connectivity index (χ2n) is 7.69. The van der Waals surface area contributed by atoms with Crippen molar-refractivity contribution in [3.05, 3.63) is 52.8 Å². The van der Waals surface area contributed by atoms with Crippen molar-refractivity contribution in [3.8, 4) is 0 Å². The molecule has 0 spiro atoms. The molecule has 4 amide bonds. The monoisotopic (exact) mass is 395 g/mol. The summed E-state index contributed by atoms with van der Waals surface area (Å²) in [4.78, 5) is 39.4. The van der Waals surface area contributed by atoms with Crippen molar-refractivity contribution < 1.29 is 14.4 Å². The molecule has 1 aromatic carbocycles. The number of carbonyl (C=O) groups excluding carboxylic acids is 3. The summed E-state index contributed by atoms with van der Waals surface area (Å²) < 4.78 is 1.92. The van der Waals surface area contributed by atoms with Crippen LogP contribution in [-0.2, 0) is 22.7 Å². The lowest BCUT2D eigenvalue weighted by atomic mass is 10.2. The zero-order valence-corrected chi connectivity index (χ0v) is 16.7. The van der Waals surface area contributed by atoms with Crippen molar-refractivity contribution in [2.45, 2.75) is 45.8 Å². The second-order valence-corrected chi connectivity index (χ2v) is 7.69. The summed E-state index contributed by atoms with van der Waals surface area (Å²) >= 11 is 0. The van der Waals surface area contributed by atoms with Gasteiger partial charge in [-0.1, -0.05) is 30.3 Å². The first-order valence-electron chi connectivity index (χ1n) is 9.88. The van der Waals surface area contributed by atoms with Crippen molar-refractivity contribution in [3.63, 3.8) is 0 Å². The van der Waals surface area contributed by atoms with Crippen LogP contribution in [0.4, 0.5) is 4.79 Å². The third kappa shape index (κ3) is 4.01. The van der Waals surface area contributed by atoms with Crippen LogP contribution in [-0.4, -0.2) is 56.6 Å². The summed E-state index contributed by atoms with van der Waals surface area (Å²) in [7, 11) is 0. The van der Waals surface area contributed by atoms with Crippen molar-refractivity contribution >= 4 is 17.8 Å². The van der Waals surface area contributed by atoms with Crippen LogP contribution in [0.2, 0.25) is 0 Å². The van der Waals surface area contributed by atoms with Crippen molar-refractivity contribution in [1.82, 2.24) is 24.9 Å². The van der Waals surface area contributed by atoms with E-state index in [2.05, 4.69) is 10.4 Å². The number of urea groups is 1. The topological polar surface area (TPSA) is 87.5 Å². The van der Waals surface area contributed by atoms with E-state index in [-0.39, 0.29) is 37.0 Å². The van der Waals surface area contributed by atoms with Gasteiger partial charge in [0.05, 0.1) is 12.2 Å². The minimum Gasteiger partial charge on any atom is -0.350 e. The van der Waals surface area contributed by atoms with Gasteiger partial charge in [0.15, 0.2) is 0 Å². The molecule has 1 saturated heterocycles. The predicted octanol–water partition coefficient (Wildman–Crippen LogP) is 1.59. The first-order chi connectivity index (χ1) is 13.9. The standard InChI is InChI=1S/C21H25N5O3/c1-14-18(15(2)26(23-14)11-16-6-4-3-5-7-16)10-22-19(27)12-25-20(28)13-24(21(25)29)17-8-9-17/h3-7,17H,8-13H2,1-2H3,(H,22,27). The predicted molar refractivity (Wildman–Crippen MR) is 106 cm³/mol. The molecule has 0 atom stereocenters. The molecule has 29 heavy (non-hydrogen) atoms. The first-order valence-corrected chi connectivity index (χ1v) is 9.88. The zero-order chi connectivity index (χ0) is 20.5. The second kappa shape index (κ2) is 7.69. The number of benzene rings is 1. The molecule has 2 fully saturated rings. The Kier molecular flexibility index (Phi) is 5.08. The van der Waals surface area contributed by atoms with E-state index in [1.165, 1.54) is 0 Å². The number of imide groups is 1. The van der Waals surface area contributed by atoms with Gasteiger partial charge in [0.2, 0.25) is 5.91 Å². The van der Waals surface area contributed by atoms with Gasteiger partial charge in [-0.05, 0) is 32.3 Å². The number of nitrogens with one attached hydrogen (secondary N) is 1. The van der Waals surface area contributed by atoms with Gasteiger partial charge in [-0.3, -0.25) is 19.2 Å². The highest BCUT2D eigenvalue weighted by Gasteiger charge is 2.44. The number of amides is 4. The molecule has 2 heterocycles. The van der Waals surface area contributed by atoms with Gasteiger partial charge in [0.25, 0.3) is 5.91 Å². The highest BCUT2D eigenvalue weighted by molar-refractivity contribution is 6.04. The van der Waals surface area contributed by atoms with Crippen LogP contribution in [0.25, 0.3) is 0 Å². The molecule has 2 aliphatic rings. The van der Waals surface area contributed by atoms with Crippen LogP contribution in [0.3, 0.4) is 0 Å². The lowest BCUT2D eigenvalue weighted by molar-refractivity contribution is -0.130. The fraction of sp³-hybridized carbons (Fsp3) is 0.429. The quantitative estimate of drug-likeness (QED) is 0.722. The molecular weight excluding hydrogens is 370 g/mol. The number of rotatable bonds is 7. The van der Waals surface area contributed by atoms with Gasteiger partial charge in [0.1, 0.15) is 13.1 Å². The van der Waals surface area contributed by atoms with Crippen LogP contribution in [0.15, 0.2) is 30.3 Å². The smallest absolute Gasteiger partial charge is 0.327 e. The summed E-state index contributed by atoms with van der Waals surface area (Å²) in [5.74, 6) is -0.654. The van der Waals surface area contributed by atoms with Crippen molar-refractivity contribution in [2.75, 3.05) is 13.1 Å². The van der Waals surface area contributed by atoms with Gasteiger partial charge in [-0.25, -0.2) is 4.79 Å². The molecule has 2 aromatic rings. The molecule has 1 N–H and O–H groups in total. The van der Waals surface area contributed by atoms with E-state index in [1.54, 1.807) is 4.90 Å². The molecular formula is C21H25N5O3. The molecule has 1 saturated carbocycles. The SMILES string of the molecule is Cc1nn(Cc2ccccc2)c(C)c1CNC(=O)CN1C(=O)CN(C2CC2)C1=O. The maximum Gasteiger partial charge on any atom is 0.327 e. The number of hydrogen-bond acceptors (Lipinski definition) is 4. The fourth-order valence-electron chi connectivity index (χ4n) is 3.67. The van der Waals surface area contributed by atoms with Crippen LogP contribution in [0.1, 0.15) is 35.4 Å². The van der Waals surface area contributed by atoms with Gasteiger partial charge < -0.3 is 10.2 Å². The zero-order valence-electron chi connectivity index (χ0n) is 16.7. The van der Waals surface area contributed by atoms with Gasteiger partial charge >= 0.3 is 6.03 Å². The molecule has 1 aliphatic heterocycles. The summed E-state index contributed by atoms with van der Waals surface area (Å²) in [6.45, 7) is 4.71. The molecule has 8 heteroatoms. The number of nitrogens with zero attached hydrogens (tertiary/aromatic N) is 4. The van der Waals surface area contributed by atoms with Crippen LogP contribution >= 0.6 is 0 Å². The van der Waals surface area contributed by atoms with E-state index in [0.29, 0.717) is 13.1 Å². The molecule has 1 aliphatic carbocycles. The largest absolute Gasteiger partial charge is 0.350 e. The maximum absolute atomic E-state index is 12.4. The van der Waals surface area contributed by atoms with Gasteiger partial charge in [-0.15, -0.1) is 0 Å². The molecule has 4 rings (SSSR count). The van der Waals surface area contributed by atoms with Crippen molar-refractivity contribution in [1.29, 1.82) is 0 Å². The highest BCUT2D eigenvalue weighted by Crippen LogP contribution is 2.30. The fourth-order valence-corrected chi connectivity index (χ4v) is 3.67. The van der Waals surface area contributed by atoms with E-state index in [4.69, 9.17) is 0 Å². The van der Waals surface area contributed by atoms with Crippen LogP contribution < -0.4 is 5.32 Å². The van der Waals surface area contributed by atoms with E-state index >= 15 is 0 Å². The Morgan fingerprint density at radius 1 is 1.17 bits per heavy atom. The van der Waals surface area contributed by atoms with Crippen molar-refractivity contribution in [2.24, 2.45) is 0 Å². The lowest BCUT2D eigenvalue weighted by Crippen LogP contribution is -2.41. The van der Waals surface area contributed by atoms with Crippen LogP contribution in [0, 0.1) is 13.8 Å². The van der Waals surface area contributed by atoms with E-state index < -0.39 is 0 Å². The summed E-state index contributed by atoms with van der Waals surface area (Å²) in [6, 6.07) is 9.88. The first kappa shape index (κ1) is 19.2. The number of aromatic nitrogens is 2. The Morgan fingerprint density at radius 2 is 1.90 bits per heavy atom. The molecule has 0 radical (unpaired) electrons. The molecule has 0 unspecified atom stereocenters. The minimum atomic E-state index is -0.351. The maximum atomic E-state index is 12.4. The van der Waals surface area contributed by atoms with E-state index in [0.717, 1.165) is 40.3 Å². The number of carbonyl (C=O) groups is 3. The third-order valence-electron chi connectivity index (χ3n) is 5.54. The number of hydrogen-bond donors (Lipinski definition) is 1. The van der Waals surface area contributed by atoms with Gasteiger partial charge in [0, 0.05) is 23.8 Å². The minimum absolute atomic E-state index is 0.0846. The Hall–Kier alpha value is -3.16. The lowest BCUT2D eigenvalue weighted by Gasteiger charge is -2.16. The molecule has 0 bridgehead atoms. The van der Waals surface area contributed by atoms with Crippen LogP contribution in [0.5, 0.6) is 0 Å². The van der Waals surface area contributed by atoms with E-state index in [9.17, 15) is 14.4 Å². The highest BCUT2D eigenvalue weighted by atomic mass is 16.2. The molecule has 1 aromatic heterocycles.